The van der Waals surface area contributed by atoms with Crippen LogP contribution in [-0.4, -0.2) is 61.0 Å². The highest BCUT2D eigenvalue weighted by Gasteiger charge is 2.26. The fourth-order valence-corrected chi connectivity index (χ4v) is 4.07. The van der Waals surface area contributed by atoms with Gasteiger partial charge in [-0.05, 0) is 56.2 Å². The second kappa shape index (κ2) is 21.7. The summed E-state index contributed by atoms with van der Waals surface area (Å²) in [7, 11) is 0. The Kier molecular flexibility index (Phi) is 16.8. The lowest BCUT2D eigenvalue weighted by molar-refractivity contribution is -0.137. The van der Waals surface area contributed by atoms with E-state index in [-0.39, 0.29) is 26.3 Å². The first-order valence-electron chi connectivity index (χ1n) is 16.6. The van der Waals surface area contributed by atoms with Crippen molar-refractivity contribution in [3.63, 3.8) is 0 Å². The topological polar surface area (TPSA) is 194 Å². The quantitative estimate of drug-likeness (QED) is 0.0798. The van der Waals surface area contributed by atoms with Crippen molar-refractivity contribution >= 4 is 30.2 Å². The molecule has 0 aliphatic heterocycles. The Hall–Kier alpha value is -6.41. The van der Waals surface area contributed by atoms with Crippen molar-refractivity contribution in [3.05, 3.63) is 132 Å². The summed E-state index contributed by atoms with van der Waals surface area (Å²) in [5.74, 6) is -0.705. The van der Waals surface area contributed by atoms with E-state index in [9.17, 15) is 24.0 Å². The molecule has 0 aliphatic rings. The molecule has 53 heavy (non-hydrogen) atoms. The van der Waals surface area contributed by atoms with Gasteiger partial charge in [0.2, 0.25) is 0 Å². The van der Waals surface area contributed by atoms with E-state index in [0.717, 1.165) is 11.1 Å². The molecule has 0 bridgehead atoms. The molecule has 4 aromatic carbocycles. The smallest absolute Gasteiger partial charge is 0.408 e. The number of hydrogen-bond acceptors (Lipinski definition) is 11. The van der Waals surface area contributed by atoms with Gasteiger partial charge in [-0.25, -0.2) is 24.0 Å². The van der Waals surface area contributed by atoms with Crippen LogP contribution in [0, 0.1) is 0 Å². The van der Waals surface area contributed by atoms with Gasteiger partial charge in [0.15, 0.2) is 0 Å². The van der Waals surface area contributed by atoms with Crippen LogP contribution in [0.3, 0.4) is 0 Å². The molecule has 0 radical (unpaired) electrons. The SMILES string of the molecule is CC(C)(C)OC(=O)NC[C@@H](NC(=O)OCc1ccccc1)C(=O)Oc1ccccc1.NC[C@@H](NC(=O)OCc1ccccc1)C(=O)Oc1ccccc1. The van der Waals surface area contributed by atoms with E-state index < -0.39 is 47.9 Å². The summed E-state index contributed by atoms with van der Waals surface area (Å²) in [5, 5.41) is 7.27. The first-order valence-corrected chi connectivity index (χ1v) is 16.6. The Morgan fingerprint density at radius 1 is 0.566 bits per heavy atom. The molecule has 0 unspecified atom stereocenters. The van der Waals surface area contributed by atoms with E-state index in [1.807, 2.05) is 48.5 Å². The van der Waals surface area contributed by atoms with Gasteiger partial charge in [0.25, 0.3) is 0 Å². The number of nitrogens with two attached hydrogens (primary N) is 1. The van der Waals surface area contributed by atoms with Gasteiger partial charge in [-0.1, -0.05) is 97.1 Å². The first kappa shape index (κ1) is 41.0. The fraction of sp³-hybridized carbons (Fsp3) is 0.256. The van der Waals surface area contributed by atoms with Crippen molar-refractivity contribution in [1.29, 1.82) is 0 Å². The molecule has 14 nitrogen and oxygen atoms in total. The zero-order chi connectivity index (χ0) is 38.5. The first-order chi connectivity index (χ1) is 25.4. The number of hydrogen-bond donors (Lipinski definition) is 4. The lowest BCUT2D eigenvalue weighted by Crippen LogP contribution is -2.50. The van der Waals surface area contributed by atoms with Crippen molar-refractivity contribution in [2.24, 2.45) is 5.73 Å². The number of alkyl carbamates (subject to hydrolysis) is 3. The Morgan fingerprint density at radius 3 is 1.34 bits per heavy atom. The maximum absolute atomic E-state index is 12.5. The molecule has 280 valence electrons. The Labute approximate surface area is 307 Å². The van der Waals surface area contributed by atoms with Gasteiger partial charge >= 0.3 is 30.2 Å². The standard InChI is InChI=1S/C22H26N2O6.C17H18N2O4/c1-22(2,3)30-20(26)23-14-18(19(25)29-17-12-8-5-9-13-17)24-21(27)28-15-16-10-6-4-7-11-16;18-11-15(16(20)23-14-9-5-2-6-10-14)19-17(21)22-12-13-7-3-1-4-8-13/h4-13,18H,14-15H2,1-3H3,(H,23,26)(H,24,27);1-10,15H,11-12,18H2,(H,19,21)/t18-;15-/m11/s1. The Balaban J connectivity index is 0.000000295. The predicted molar refractivity (Wildman–Crippen MR) is 195 cm³/mol. The number of para-hydroxylation sites is 2. The zero-order valence-electron chi connectivity index (χ0n) is 29.7. The van der Waals surface area contributed by atoms with E-state index in [2.05, 4.69) is 16.0 Å². The Bertz CT molecular complexity index is 1720. The molecule has 0 saturated heterocycles. The predicted octanol–water partition coefficient (Wildman–Crippen LogP) is 5.26. The monoisotopic (exact) mass is 728 g/mol. The molecule has 0 heterocycles. The van der Waals surface area contributed by atoms with Crippen LogP contribution in [-0.2, 0) is 37.0 Å². The average Bonchev–Trinajstić information content (AvgIpc) is 3.15. The number of ether oxygens (including phenoxy) is 5. The normalized spacial score (nSPS) is 11.5. The van der Waals surface area contributed by atoms with Crippen molar-refractivity contribution in [1.82, 2.24) is 16.0 Å². The molecule has 4 aromatic rings. The van der Waals surface area contributed by atoms with Crippen molar-refractivity contribution in [3.8, 4) is 11.5 Å². The van der Waals surface area contributed by atoms with Crippen LogP contribution in [0.25, 0.3) is 0 Å². The molecular weight excluding hydrogens is 684 g/mol. The van der Waals surface area contributed by atoms with E-state index in [4.69, 9.17) is 29.4 Å². The second-order valence-corrected chi connectivity index (χ2v) is 12.1. The van der Waals surface area contributed by atoms with Crippen LogP contribution in [0.4, 0.5) is 14.4 Å². The summed E-state index contributed by atoms with van der Waals surface area (Å²) in [6.07, 6.45) is -2.27. The van der Waals surface area contributed by atoms with Crippen LogP contribution in [0.2, 0.25) is 0 Å². The fourth-order valence-electron chi connectivity index (χ4n) is 4.07. The number of rotatable bonds is 13. The third-order valence-corrected chi connectivity index (χ3v) is 6.59. The number of carbonyl (C=O) groups excluding carboxylic acids is 5. The molecule has 0 fully saturated rings. The molecule has 0 aliphatic carbocycles. The van der Waals surface area contributed by atoms with Crippen molar-refractivity contribution in [2.45, 2.75) is 51.7 Å². The Morgan fingerprint density at radius 2 is 0.943 bits per heavy atom. The van der Waals surface area contributed by atoms with Gasteiger partial charge < -0.3 is 45.4 Å². The van der Waals surface area contributed by atoms with E-state index in [1.54, 1.807) is 93.6 Å². The molecule has 2 atom stereocenters. The van der Waals surface area contributed by atoms with E-state index in [1.165, 1.54) is 0 Å². The number of carbonyl (C=O) groups is 5. The highest BCUT2D eigenvalue weighted by Crippen LogP contribution is 2.11. The van der Waals surface area contributed by atoms with Gasteiger partial charge in [-0.15, -0.1) is 0 Å². The van der Waals surface area contributed by atoms with Gasteiger partial charge in [0.1, 0.15) is 42.4 Å². The minimum absolute atomic E-state index is 0.0343. The summed E-state index contributed by atoms with van der Waals surface area (Å²) in [4.78, 5) is 60.3. The van der Waals surface area contributed by atoms with Crippen molar-refractivity contribution < 1.29 is 47.7 Å². The molecule has 14 heteroatoms. The molecule has 0 aromatic heterocycles. The van der Waals surface area contributed by atoms with Gasteiger partial charge in [-0.3, -0.25) is 0 Å². The van der Waals surface area contributed by atoms with Crippen LogP contribution in [0.1, 0.15) is 31.9 Å². The number of esters is 2. The maximum Gasteiger partial charge on any atom is 0.408 e. The second-order valence-electron chi connectivity index (χ2n) is 12.1. The van der Waals surface area contributed by atoms with Crippen molar-refractivity contribution in [2.75, 3.05) is 13.1 Å². The third kappa shape index (κ3) is 16.9. The summed E-state index contributed by atoms with van der Waals surface area (Å²) in [6.45, 7) is 4.96. The maximum atomic E-state index is 12.5. The van der Waals surface area contributed by atoms with E-state index >= 15 is 0 Å². The lowest BCUT2D eigenvalue weighted by Gasteiger charge is -2.22. The largest absolute Gasteiger partial charge is 0.445 e. The molecular formula is C39H44N4O10. The molecule has 0 saturated carbocycles. The molecule has 4 rings (SSSR count). The average molecular weight is 729 g/mol. The lowest BCUT2D eigenvalue weighted by atomic mass is 10.2. The van der Waals surface area contributed by atoms with Gasteiger partial charge in [0.05, 0.1) is 6.54 Å². The van der Waals surface area contributed by atoms with Gasteiger partial charge in [-0.2, -0.15) is 0 Å². The number of nitrogens with one attached hydrogen (secondary N) is 3. The third-order valence-electron chi connectivity index (χ3n) is 6.59. The van der Waals surface area contributed by atoms with Crippen LogP contribution < -0.4 is 31.2 Å². The zero-order valence-corrected chi connectivity index (χ0v) is 29.7. The number of amides is 3. The summed E-state index contributed by atoms with van der Waals surface area (Å²) in [6, 6.07) is 33.1. The number of benzene rings is 4. The molecule has 3 amide bonds. The highest BCUT2D eigenvalue weighted by atomic mass is 16.6. The van der Waals surface area contributed by atoms with Crippen LogP contribution >= 0.6 is 0 Å². The van der Waals surface area contributed by atoms with Gasteiger partial charge in [0, 0.05) is 6.54 Å². The minimum atomic E-state index is -1.18. The van der Waals surface area contributed by atoms with Crippen LogP contribution in [0.15, 0.2) is 121 Å². The van der Waals surface area contributed by atoms with Crippen LogP contribution in [0.5, 0.6) is 11.5 Å². The summed E-state index contributed by atoms with van der Waals surface area (Å²) in [5.41, 5.74) is 6.45. The molecule has 5 N–H and O–H groups in total. The summed E-state index contributed by atoms with van der Waals surface area (Å²) >= 11 is 0. The highest BCUT2D eigenvalue weighted by molar-refractivity contribution is 5.84. The minimum Gasteiger partial charge on any atom is -0.445 e. The summed E-state index contributed by atoms with van der Waals surface area (Å²) < 4.78 is 25.8. The molecule has 0 spiro atoms. The van der Waals surface area contributed by atoms with E-state index in [0.29, 0.717) is 11.5 Å².